The van der Waals surface area contributed by atoms with Crippen LogP contribution in [0.1, 0.15) is 5.56 Å². The molecule has 2 aromatic heterocycles. The first kappa shape index (κ1) is 10.8. The number of aromatic nitrogens is 1. The number of ether oxygens (including phenoxy) is 1. The van der Waals surface area contributed by atoms with Crippen molar-refractivity contribution in [2.45, 2.75) is 6.92 Å². The van der Waals surface area contributed by atoms with Crippen LogP contribution in [-0.4, -0.2) is 12.1 Å². The fourth-order valence-electron chi connectivity index (χ4n) is 2.00. The molecule has 2 heterocycles. The topological polar surface area (TPSA) is 35.3 Å². The number of para-hydroxylation sites is 1. The third kappa shape index (κ3) is 1.74. The second-order valence-electron chi connectivity index (χ2n) is 4.17. The molecule has 0 bridgehead atoms. The molecule has 0 aliphatic carbocycles. The Morgan fingerprint density at radius 1 is 1.11 bits per heavy atom. The number of hydrogen-bond donors (Lipinski definition) is 0. The van der Waals surface area contributed by atoms with Crippen molar-refractivity contribution < 1.29 is 9.15 Å². The lowest BCUT2D eigenvalue weighted by Crippen LogP contribution is -1.84. The van der Waals surface area contributed by atoms with Crippen molar-refractivity contribution in [1.82, 2.24) is 4.98 Å². The Hall–Kier alpha value is -2.29. The van der Waals surface area contributed by atoms with Gasteiger partial charge in [-0.2, -0.15) is 0 Å². The second-order valence-corrected chi connectivity index (χ2v) is 4.17. The summed E-state index contributed by atoms with van der Waals surface area (Å²) in [6, 6.07) is 13.9. The summed E-state index contributed by atoms with van der Waals surface area (Å²) >= 11 is 0. The van der Waals surface area contributed by atoms with Crippen LogP contribution >= 0.6 is 0 Å². The standard InChI is InChI=1S/C15H13NO2/c1-10-9-14(17-2)18-15(10)13-8-7-11-5-3-4-6-12(11)16-13/h3-9H,1-2H3. The lowest BCUT2D eigenvalue weighted by Gasteiger charge is -2.01. The lowest BCUT2D eigenvalue weighted by molar-refractivity contribution is 0.309. The maximum atomic E-state index is 5.61. The van der Waals surface area contributed by atoms with E-state index < -0.39 is 0 Å². The SMILES string of the molecule is COc1cc(C)c(-c2ccc3ccccc3n2)o1. The van der Waals surface area contributed by atoms with E-state index >= 15 is 0 Å². The minimum atomic E-state index is 0.512. The van der Waals surface area contributed by atoms with Crippen LogP contribution in [0.3, 0.4) is 0 Å². The van der Waals surface area contributed by atoms with Crippen LogP contribution < -0.4 is 4.74 Å². The molecule has 3 heteroatoms. The number of benzene rings is 1. The van der Waals surface area contributed by atoms with Gasteiger partial charge in [0, 0.05) is 17.0 Å². The summed E-state index contributed by atoms with van der Waals surface area (Å²) in [6.45, 7) is 1.98. The van der Waals surface area contributed by atoms with Crippen molar-refractivity contribution in [3.8, 4) is 17.4 Å². The average Bonchev–Trinajstić information content (AvgIpc) is 2.79. The fourth-order valence-corrected chi connectivity index (χ4v) is 2.00. The quantitative estimate of drug-likeness (QED) is 0.682. The fraction of sp³-hybridized carbons (Fsp3) is 0.133. The zero-order chi connectivity index (χ0) is 12.5. The molecule has 3 rings (SSSR count). The summed E-state index contributed by atoms with van der Waals surface area (Å²) in [4.78, 5) is 4.60. The van der Waals surface area contributed by atoms with Gasteiger partial charge in [0.2, 0.25) is 0 Å². The van der Waals surface area contributed by atoms with E-state index in [1.165, 1.54) is 0 Å². The molecule has 0 saturated heterocycles. The summed E-state index contributed by atoms with van der Waals surface area (Å²) < 4.78 is 10.7. The van der Waals surface area contributed by atoms with Crippen LogP contribution in [-0.2, 0) is 0 Å². The second kappa shape index (κ2) is 4.18. The highest BCUT2D eigenvalue weighted by atomic mass is 16.6. The molecule has 0 aliphatic heterocycles. The van der Waals surface area contributed by atoms with Gasteiger partial charge in [0.25, 0.3) is 5.95 Å². The normalized spacial score (nSPS) is 10.8. The van der Waals surface area contributed by atoms with Crippen molar-refractivity contribution in [1.29, 1.82) is 0 Å². The molecular weight excluding hydrogens is 226 g/mol. The summed E-state index contributed by atoms with van der Waals surface area (Å²) in [7, 11) is 1.59. The van der Waals surface area contributed by atoms with Crippen molar-refractivity contribution in [2.75, 3.05) is 7.11 Å². The molecule has 0 fully saturated rings. The van der Waals surface area contributed by atoms with E-state index in [0.717, 1.165) is 27.9 Å². The third-order valence-corrected chi connectivity index (χ3v) is 2.93. The first-order valence-electron chi connectivity index (χ1n) is 5.78. The molecule has 0 spiro atoms. The Bertz CT molecular complexity index is 701. The molecule has 0 unspecified atom stereocenters. The maximum absolute atomic E-state index is 5.61. The van der Waals surface area contributed by atoms with E-state index in [-0.39, 0.29) is 0 Å². The monoisotopic (exact) mass is 239 g/mol. The Kier molecular flexibility index (Phi) is 2.52. The van der Waals surface area contributed by atoms with Crippen LogP contribution in [0.15, 0.2) is 46.9 Å². The molecule has 3 aromatic rings. The number of aryl methyl sites for hydroxylation is 1. The predicted molar refractivity (Wildman–Crippen MR) is 70.7 cm³/mol. The van der Waals surface area contributed by atoms with Gasteiger partial charge in [-0.3, -0.25) is 0 Å². The number of hydrogen-bond acceptors (Lipinski definition) is 3. The van der Waals surface area contributed by atoms with Crippen molar-refractivity contribution in [3.63, 3.8) is 0 Å². The van der Waals surface area contributed by atoms with Gasteiger partial charge in [-0.1, -0.05) is 24.3 Å². The van der Waals surface area contributed by atoms with Crippen LogP contribution in [0.2, 0.25) is 0 Å². The van der Waals surface area contributed by atoms with Gasteiger partial charge in [0.15, 0.2) is 5.76 Å². The van der Waals surface area contributed by atoms with Crippen molar-refractivity contribution in [2.24, 2.45) is 0 Å². The molecule has 90 valence electrons. The molecule has 0 saturated carbocycles. The zero-order valence-corrected chi connectivity index (χ0v) is 10.3. The Balaban J connectivity index is 2.15. The van der Waals surface area contributed by atoms with Gasteiger partial charge >= 0.3 is 0 Å². The number of rotatable bonds is 2. The molecule has 18 heavy (non-hydrogen) atoms. The van der Waals surface area contributed by atoms with Crippen LogP contribution in [0.4, 0.5) is 0 Å². The zero-order valence-electron chi connectivity index (χ0n) is 10.3. The molecule has 0 atom stereocenters. The summed E-state index contributed by atoms with van der Waals surface area (Å²) in [5.41, 5.74) is 2.81. The molecule has 1 aromatic carbocycles. The first-order valence-corrected chi connectivity index (χ1v) is 5.78. The van der Waals surface area contributed by atoms with Gasteiger partial charge < -0.3 is 9.15 Å². The molecule has 3 nitrogen and oxygen atoms in total. The lowest BCUT2D eigenvalue weighted by atomic mass is 10.1. The molecular formula is C15H13NO2. The number of methoxy groups -OCH3 is 1. The molecule has 0 aliphatic rings. The largest absolute Gasteiger partial charge is 0.468 e. The molecule has 0 amide bonds. The predicted octanol–water partition coefficient (Wildman–Crippen LogP) is 3.81. The van der Waals surface area contributed by atoms with E-state index in [0.29, 0.717) is 5.95 Å². The van der Waals surface area contributed by atoms with Crippen molar-refractivity contribution in [3.05, 3.63) is 48.0 Å². The smallest absolute Gasteiger partial charge is 0.284 e. The number of fused-ring (bicyclic) bond motifs is 1. The van der Waals surface area contributed by atoms with Gasteiger partial charge in [-0.05, 0) is 19.1 Å². The van der Waals surface area contributed by atoms with Crippen LogP contribution in [0, 0.1) is 6.92 Å². The van der Waals surface area contributed by atoms with Gasteiger partial charge in [-0.15, -0.1) is 0 Å². The average molecular weight is 239 g/mol. The Morgan fingerprint density at radius 3 is 2.72 bits per heavy atom. The van der Waals surface area contributed by atoms with E-state index in [2.05, 4.69) is 4.98 Å². The van der Waals surface area contributed by atoms with Crippen LogP contribution in [0.25, 0.3) is 22.4 Å². The number of nitrogens with zero attached hydrogens (tertiary/aromatic N) is 1. The van der Waals surface area contributed by atoms with Gasteiger partial charge in [0.1, 0.15) is 5.69 Å². The highest BCUT2D eigenvalue weighted by Crippen LogP contribution is 2.30. The highest BCUT2D eigenvalue weighted by Gasteiger charge is 2.11. The van der Waals surface area contributed by atoms with Crippen LogP contribution in [0.5, 0.6) is 5.95 Å². The molecule has 0 N–H and O–H groups in total. The molecule has 0 radical (unpaired) electrons. The summed E-state index contributed by atoms with van der Waals surface area (Å²) in [5.74, 6) is 1.27. The highest BCUT2D eigenvalue weighted by molar-refractivity contribution is 5.81. The van der Waals surface area contributed by atoms with Crippen molar-refractivity contribution >= 4 is 10.9 Å². The van der Waals surface area contributed by atoms with Gasteiger partial charge in [0.05, 0.1) is 12.6 Å². The number of pyridine rings is 1. The summed E-state index contributed by atoms with van der Waals surface area (Å²) in [5, 5.41) is 1.12. The number of furan rings is 1. The van der Waals surface area contributed by atoms with E-state index in [4.69, 9.17) is 9.15 Å². The third-order valence-electron chi connectivity index (χ3n) is 2.93. The maximum Gasteiger partial charge on any atom is 0.284 e. The van der Waals surface area contributed by atoms with E-state index in [9.17, 15) is 0 Å². The minimum absolute atomic E-state index is 0.512. The summed E-state index contributed by atoms with van der Waals surface area (Å²) in [6.07, 6.45) is 0. The Labute approximate surface area is 105 Å². The van der Waals surface area contributed by atoms with E-state index in [1.54, 1.807) is 7.11 Å². The Morgan fingerprint density at radius 2 is 1.94 bits per heavy atom. The minimum Gasteiger partial charge on any atom is -0.468 e. The van der Waals surface area contributed by atoms with E-state index in [1.807, 2.05) is 49.4 Å². The first-order chi connectivity index (χ1) is 8.78. The van der Waals surface area contributed by atoms with Gasteiger partial charge in [-0.25, -0.2) is 4.98 Å².